The zero-order valence-corrected chi connectivity index (χ0v) is 12.3. The van der Waals surface area contributed by atoms with Crippen molar-refractivity contribution in [1.29, 1.82) is 0 Å². The minimum atomic E-state index is -1.11. The molecule has 0 bridgehead atoms. The second kappa shape index (κ2) is 5.71. The summed E-state index contributed by atoms with van der Waals surface area (Å²) in [4.78, 5) is 0.748. The van der Waals surface area contributed by atoms with E-state index < -0.39 is 22.7 Å². The van der Waals surface area contributed by atoms with E-state index in [1.165, 1.54) is 0 Å². The molecular formula is C14H20O4S. The monoisotopic (exact) mass is 284 g/mol. The van der Waals surface area contributed by atoms with Crippen molar-refractivity contribution in [2.24, 2.45) is 0 Å². The van der Waals surface area contributed by atoms with E-state index in [-0.39, 0.29) is 6.10 Å². The molecule has 1 saturated heterocycles. The Labute approximate surface area is 116 Å². The topological polar surface area (TPSA) is 55.8 Å². The Balaban J connectivity index is 1.97. The Morgan fingerprint density at radius 1 is 1.42 bits per heavy atom. The standard InChI is InChI=1S/C14H20O4S/c1-10(15)11-4-6-13(7-5-11)19(16)9-12-8-17-14(2,3)18-12/h4-7,10,12,15H,8-9H2,1-3H3/t10-,12?,19?/m1/s1. The van der Waals surface area contributed by atoms with E-state index in [1.807, 2.05) is 13.8 Å². The van der Waals surface area contributed by atoms with Gasteiger partial charge in [-0.05, 0) is 38.5 Å². The molecule has 2 rings (SSSR count). The fourth-order valence-corrected chi connectivity index (χ4v) is 3.14. The molecule has 0 radical (unpaired) electrons. The maximum Gasteiger partial charge on any atom is 0.163 e. The molecule has 1 aliphatic rings. The molecule has 1 aliphatic heterocycles. The zero-order chi connectivity index (χ0) is 14.0. The van der Waals surface area contributed by atoms with E-state index in [4.69, 9.17) is 9.47 Å². The summed E-state index contributed by atoms with van der Waals surface area (Å²) >= 11 is 0. The van der Waals surface area contributed by atoms with Gasteiger partial charge in [0.1, 0.15) is 0 Å². The SMILES string of the molecule is C[C@@H](O)c1ccc(S(=O)CC2COC(C)(C)O2)cc1. The summed E-state index contributed by atoms with van der Waals surface area (Å²) < 4.78 is 23.3. The lowest BCUT2D eigenvalue weighted by atomic mass is 10.1. The average Bonchev–Trinajstić information content (AvgIpc) is 2.68. The Bertz CT molecular complexity index is 453. The number of aliphatic hydroxyl groups is 1. The van der Waals surface area contributed by atoms with Gasteiger partial charge in [0, 0.05) is 4.90 Å². The molecule has 19 heavy (non-hydrogen) atoms. The van der Waals surface area contributed by atoms with Crippen LogP contribution in [0.15, 0.2) is 29.2 Å². The highest BCUT2D eigenvalue weighted by Gasteiger charge is 2.33. The van der Waals surface area contributed by atoms with Gasteiger partial charge in [-0.1, -0.05) is 12.1 Å². The lowest BCUT2D eigenvalue weighted by Gasteiger charge is -2.16. The second-order valence-corrected chi connectivity index (χ2v) is 6.70. The second-order valence-electron chi connectivity index (χ2n) is 5.21. The van der Waals surface area contributed by atoms with E-state index in [0.717, 1.165) is 10.5 Å². The summed E-state index contributed by atoms with van der Waals surface area (Å²) in [6.45, 7) is 5.89. The van der Waals surface area contributed by atoms with Crippen LogP contribution in [0.4, 0.5) is 0 Å². The molecule has 3 atom stereocenters. The van der Waals surface area contributed by atoms with Crippen molar-refractivity contribution < 1.29 is 18.8 Å². The summed E-state index contributed by atoms with van der Waals surface area (Å²) in [5.41, 5.74) is 0.822. The summed E-state index contributed by atoms with van der Waals surface area (Å²) in [7, 11) is -1.11. The van der Waals surface area contributed by atoms with Gasteiger partial charge in [0.25, 0.3) is 0 Å². The Hall–Kier alpha value is -0.750. The van der Waals surface area contributed by atoms with Crippen molar-refractivity contribution in [2.45, 2.75) is 43.7 Å². The predicted octanol–water partition coefficient (Wildman–Crippen LogP) is 2.00. The molecule has 0 amide bonds. The van der Waals surface area contributed by atoms with Crippen LogP contribution in [0.1, 0.15) is 32.4 Å². The van der Waals surface area contributed by atoms with Gasteiger partial charge in [0.05, 0.1) is 35.4 Å². The summed E-state index contributed by atoms with van der Waals surface area (Å²) in [6.07, 6.45) is -0.637. The van der Waals surface area contributed by atoms with E-state index in [2.05, 4.69) is 0 Å². The quantitative estimate of drug-likeness (QED) is 0.919. The van der Waals surface area contributed by atoms with Crippen LogP contribution in [0.3, 0.4) is 0 Å². The first kappa shape index (κ1) is 14.7. The smallest absolute Gasteiger partial charge is 0.163 e. The van der Waals surface area contributed by atoms with Gasteiger partial charge in [0.2, 0.25) is 0 Å². The van der Waals surface area contributed by atoms with Crippen LogP contribution in [0.2, 0.25) is 0 Å². The van der Waals surface area contributed by atoms with Crippen LogP contribution in [0.5, 0.6) is 0 Å². The zero-order valence-electron chi connectivity index (χ0n) is 11.5. The minimum absolute atomic E-state index is 0.132. The van der Waals surface area contributed by atoms with Gasteiger partial charge in [-0.2, -0.15) is 0 Å². The predicted molar refractivity (Wildman–Crippen MR) is 73.3 cm³/mol. The van der Waals surface area contributed by atoms with Crippen molar-refractivity contribution in [2.75, 3.05) is 12.4 Å². The van der Waals surface area contributed by atoms with Crippen LogP contribution in [0, 0.1) is 0 Å². The van der Waals surface area contributed by atoms with Gasteiger partial charge in [-0.15, -0.1) is 0 Å². The number of rotatable bonds is 4. The fourth-order valence-electron chi connectivity index (χ4n) is 2.01. The highest BCUT2D eigenvalue weighted by atomic mass is 32.2. The number of benzene rings is 1. The Kier molecular flexibility index (Phi) is 4.40. The van der Waals surface area contributed by atoms with E-state index in [1.54, 1.807) is 31.2 Å². The van der Waals surface area contributed by atoms with Gasteiger partial charge in [0.15, 0.2) is 5.79 Å². The maximum atomic E-state index is 12.2. The van der Waals surface area contributed by atoms with Gasteiger partial charge in [-0.25, -0.2) is 0 Å². The van der Waals surface area contributed by atoms with Crippen LogP contribution < -0.4 is 0 Å². The third kappa shape index (κ3) is 3.86. The molecule has 0 saturated carbocycles. The molecule has 1 N–H and O–H groups in total. The highest BCUT2D eigenvalue weighted by molar-refractivity contribution is 7.85. The molecule has 2 unspecified atom stereocenters. The fraction of sp³-hybridized carbons (Fsp3) is 0.571. The largest absolute Gasteiger partial charge is 0.389 e. The molecule has 106 valence electrons. The van der Waals surface area contributed by atoms with Crippen molar-refractivity contribution in [3.8, 4) is 0 Å². The van der Waals surface area contributed by atoms with Gasteiger partial charge < -0.3 is 14.6 Å². The number of ether oxygens (including phenoxy) is 2. The first-order valence-electron chi connectivity index (χ1n) is 6.35. The lowest BCUT2D eigenvalue weighted by Crippen LogP contribution is -2.24. The molecule has 0 aliphatic carbocycles. The van der Waals surface area contributed by atoms with E-state index in [0.29, 0.717) is 12.4 Å². The van der Waals surface area contributed by atoms with E-state index in [9.17, 15) is 9.32 Å². The van der Waals surface area contributed by atoms with Gasteiger partial charge in [-0.3, -0.25) is 4.21 Å². The molecule has 4 nitrogen and oxygen atoms in total. The van der Waals surface area contributed by atoms with Crippen molar-refractivity contribution in [3.63, 3.8) is 0 Å². The van der Waals surface area contributed by atoms with Crippen molar-refractivity contribution >= 4 is 10.8 Å². The minimum Gasteiger partial charge on any atom is -0.389 e. The number of hydrogen-bond acceptors (Lipinski definition) is 4. The summed E-state index contributed by atoms with van der Waals surface area (Å²) in [5.74, 6) is -0.150. The molecule has 1 aromatic carbocycles. The number of hydrogen-bond donors (Lipinski definition) is 1. The Morgan fingerprint density at radius 3 is 2.53 bits per heavy atom. The van der Waals surface area contributed by atoms with Gasteiger partial charge >= 0.3 is 0 Å². The highest BCUT2D eigenvalue weighted by Crippen LogP contribution is 2.24. The van der Waals surface area contributed by atoms with E-state index >= 15 is 0 Å². The van der Waals surface area contributed by atoms with Crippen molar-refractivity contribution in [3.05, 3.63) is 29.8 Å². The maximum absolute atomic E-state index is 12.2. The molecular weight excluding hydrogens is 264 g/mol. The first-order valence-corrected chi connectivity index (χ1v) is 7.67. The van der Waals surface area contributed by atoms with Crippen LogP contribution in [0.25, 0.3) is 0 Å². The van der Waals surface area contributed by atoms with Crippen LogP contribution >= 0.6 is 0 Å². The molecule has 1 heterocycles. The molecule has 0 spiro atoms. The third-order valence-corrected chi connectivity index (χ3v) is 4.50. The number of aliphatic hydroxyl groups excluding tert-OH is 1. The van der Waals surface area contributed by atoms with Crippen LogP contribution in [-0.4, -0.2) is 33.6 Å². The average molecular weight is 284 g/mol. The molecule has 5 heteroatoms. The molecule has 1 aromatic rings. The van der Waals surface area contributed by atoms with Crippen molar-refractivity contribution in [1.82, 2.24) is 0 Å². The molecule has 1 fully saturated rings. The summed E-state index contributed by atoms with van der Waals surface area (Å²) in [5, 5.41) is 9.43. The summed E-state index contributed by atoms with van der Waals surface area (Å²) in [6, 6.07) is 7.18. The first-order chi connectivity index (χ1) is 8.87. The lowest BCUT2D eigenvalue weighted by molar-refractivity contribution is -0.135. The van der Waals surface area contributed by atoms with Crippen LogP contribution in [-0.2, 0) is 20.3 Å². The third-order valence-electron chi connectivity index (χ3n) is 3.03. The normalized spacial score (nSPS) is 25.2. The Morgan fingerprint density at radius 2 is 2.05 bits per heavy atom. The molecule has 0 aromatic heterocycles.